The van der Waals surface area contributed by atoms with Gasteiger partial charge in [-0.25, -0.2) is 0 Å². The Balaban J connectivity index is 0.933. The predicted octanol–water partition coefficient (Wildman–Crippen LogP) is 10.4. The molecule has 0 radical (unpaired) electrons. The van der Waals surface area contributed by atoms with E-state index in [4.69, 9.17) is 0 Å². The average Bonchev–Trinajstić information content (AvgIpc) is 3.53. The van der Waals surface area contributed by atoms with E-state index in [2.05, 4.69) is 25.8 Å². The number of allylic oxidation sites excluding steroid dienone is 9. The van der Waals surface area contributed by atoms with Crippen LogP contribution in [0.1, 0.15) is 105 Å². The molecule has 6 aliphatic carbocycles. The third kappa shape index (κ3) is 2.78. The van der Waals surface area contributed by atoms with E-state index >= 15 is 0 Å². The number of hydrogen-bond donors (Lipinski definition) is 0. The van der Waals surface area contributed by atoms with Crippen LogP contribution in [0.5, 0.6) is 0 Å². The van der Waals surface area contributed by atoms with Crippen molar-refractivity contribution in [3.05, 3.63) is 87.6 Å². The van der Waals surface area contributed by atoms with E-state index in [0.717, 1.165) is 18.3 Å². The van der Waals surface area contributed by atoms with Crippen LogP contribution in [-0.2, 0) is 12.8 Å². The van der Waals surface area contributed by atoms with Gasteiger partial charge in [0, 0.05) is 0 Å². The molecule has 0 amide bonds. The molecule has 0 aliphatic heterocycles. The Bertz CT molecular complexity index is 1630. The molecule has 0 saturated carbocycles. The molecular weight excluding hydrogens is 456 g/mol. The number of aryl methyl sites for hydroxylation is 1. The zero-order valence-electron chi connectivity index (χ0n) is 23.0. The van der Waals surface area contributed by atoms with E-state index in [1.165, 1.54) is 89.0 Å². The molecule has 0 aromatic heterocycles. The molecule has 0 heteroatoms. The highest BCUT2D eigenvalue weighted by atomic mass is 14.5. The normalized spacial score (nSPS) is 30.1. The molecule has 38 heavy (non-hydrogen) atoms. The second kappa shape index (κ2) is 7.74. The molecule has 3 aromatic carbocycles. The predicted molar refractivity (Wildman–Crippen MR) is 162 cm³/mol. The van der Waals surface area contributed by atoms with Gasteiger partial charge >= 0.3 is 0 Å². The summed E-state index contributed by atoms with van der Waals surface area (Å²) in [5.74, 6) is 3.22. The van der Waals surface area contributed by atoms with Gasteiger partial charge in [-0.2, -0.15) is 0 Å². The van der Waals surface area contributed by atoms with Crippen LogP contribution in [0.4, 0.5) is 0 Å². The number of hydrogen-bond acceptors (Lipinski definition) is 0. The summed E-state index contributed by atoms with van der Waals surface area (Å²) in [6.45, 7) is 12.3. The van der Waals surface area contributed by atoms with E-state index in [-0.39, 0.29) is 0 Å². The first-order valence-corrected chi connectivity index (χ1v) is 15.7. The third-order valence-electron chi connectivity index (χ3n) is 12.0. The van der Waals surface area contributed by atoms with Crippen LogP contribution in [0.25, 0.3) is 27.1 Å². The van der Waals surface area contributed by atoms with Crippen molar-refractivity contribution in [3.8, 4) is 0 Å². The summed E-state index contributed by atoms with van der Waals surface area (Å²) in [4.78, 5) is 0. The lowest BCUT2D eigenvalue weighted by Gasteiger charge is -2.45. The molecule has 3 aromatic rings. The average molecular weight is 497 g/mol. The Hall–Kier alpha value is -2.60. The second-order valence-electron chi connectivity index (χ2n) is 14.0. The quantitative estimate of drug-likeness (QED) is 0.235. The van der Waals surface area contributed by atoms with Crippen molar-refractivity contribution in [1.82, 2.24) is 0 Å². The van der Waals surface area contributed by atoms with Gasteiger partial charge in [0.25, 0.3) is 0 Å². The summed E-state index contributed by atoms with van der Waals surface area (Å²) in [6.07, 6.45) is 23.0. The smallest absolute Gasteiger partial charge is 0.00144 e. The maximum absolute atomic E-state index is 4.21. The lowest BCUT2D eigenvalue weighted by Crippen LogP contribution is -2.27. The van der Waals surface area contributed by atoms with E-state index in [0.29, 0.717) is 11.8 Å². The summed E-state index contributed by atoms with van der Waals surface area (Å²) < 4.78 is 0. The molecule has 0 saturated heterocycles. The van der Waals surface area contributed by atoms with Crippen LogP contribution in [0, 0.1) is 17.8 Å². The Labute approximate surface area is 228 Å². The lowest BCUT2D eigenvalue weighted by atomic mass is 9.58. The Morgan fingerprint density at radius 1 is 0.737 bits per heavy atom. The fraction of sp³-hybridized carbons (Fsp3) is 0.474. The van der Waals surface area contributed by atoms with Gasteiger partial charge in [0.15, 0.2) is 0 Å². The Kier molecular flexibility index (Phi) is 4.53. The highest BCUT2D eigenvalue weighted by molar-refractivity contribution is 6.39. The first-order valence-electron chi connectivity index (χ1n) is 15.7. The van der Waals surface area contributed by atoms with E-state index in [1.807, 2.05) is 28.4 Å². The lowest BCUT2D eigenvalue weighted by molar-refractivity contribution is 0.358. The van der Waals surface area contributed by atoms with Crippen molar-refractivity contribution in [2.45, 2.75) is 95.8 Å². The van der Waals surface area contributed by atoms with Gasteiger partial charge in [-0.1, -0.05) is 47.6 Å². The molecule has 6 aliphatic rings. The standard InChI is InChI=1S/C38H40/c1-4-20(3)11-27-19-32-33(27)37-36(32)35-28-10-9-25-14-23(17-31(25)34(28)38(35)37)12-22-7-6-8-24-18-26-13-21(5-2)15-30(26)29(24)16-22/h4-5,21-23,27H,1-3,6-19H2. The fourth-order valence-electron chi connectivity index (χ4n) is 10.3. The largest absolute Gasteiger partial charge is 0.103 e. The molecule has 0 N–H and O–H groups in total. The van der Waals surface area contributed by atoms with Crippen molar-refractivity contribution in [1.29, 1.82) is 0 Å². The van der Waals surface area contributed by atoms with Crippen molar-refractivity contribution in [2.24, 2.45) is 17.8 Å². The van der Waals surface area contributed by atoms with Crippen LogP contribution >= 0.6 is 0 Å². The Morgan fingerprint density at radius 2 is 1.58 bits per heavy atom. The van der Waals surface area contributed by atoms with Crippen molar-refractivity contribution in [3.63, 3.8) is 0 Å². The van der Waals surface area contributed by atoms with Crippen LogP contribution in [0.15, 0.2) is 65.3 Å². The summed E-state index contributed by atoms with van der Waals surface area (Å²) in [5.41, 5.74) is 19.1. The summed E-state index contributed by atoms with van der Waals surface area (Å²) in [7, 11) is 0. The summed E-state index contributed by atoms with van der Waals surface area (Å²) in [5, 5.41) is 6.82. The minimum atomic E-state index is 0.712. The van der Waals surface area contributed by atoms with Crippen LogP contribution < -0.4 is 0 Å². The molecular formula is C38H40. The van der Waals surface area contributed by atoms with E-state index < -0.39 is 0 Å². The van der Waals surface area contributed by atoms with E-state index in [9.17, 15) is 0 Å². The monoisotopic (exact) mass is 496 g/mol. The van der Waals surface area contributed by atoms with Gasteiger partial charge in [-0.05, 0) is 174 Å². The third-order valence-corrected chi connectivity index (χ3v) is 12.0. The zero-order valence-corrected chi connectivity index (χ0v) is 23.0. The maximum atomic E-state index is 4.21. The van der Waals surface area contributed by atoms with Gasteiger partial charge in [-0.3, -0.25) is 0 Å². The van der Waals surface area contributed by atoms with Gasteiger partial charge in [-0.15, -0.1) is 6.58 Å². The summed E-state index contributed by atoms with van der Waals surface area (Å²) in [6, 6.07) is 0. The van der Waals surface area contributed by atoms with Crippen molar-refractivity contribution < 1.29 is 0 Å². The van der Waals surface area contributed by atoms with Gasteiger partial charge in [0.1, 0.15) is 0 Å². The molecule has 0 fully saturated rings. The van der Waals surface area contributed by atoms with Crippen molar-refractivity contribution in [2.75, 3.05) is 0 Å². The zero-order chi connectivity index (χ0) is 25.3. The SMILES string of the molecule is C=CC(=C)CC1Cc2c1c1c2c2c3c(c21)C1=C(CC3)CC(CC2CCCC3=C(C2)C2=C(C3)CC(C=C)C2)C1. The molecule has 0 heterocycles. The molecule has 9 rings (SSSR count). The van der Waals surface area contributed by atoms with Crippen LogP contribution in [0.3, 0.4) is 0 Å². The molecule has 4 atom stereocenters. The molecule has 0 bridgehead atoms. The molecule has 0 nitrogen and oxygen atoms in total. The number of rotatable bonds is 6. The highest BCUT2D eigenvalue weighted by Crippen LogP contribution is 2.65. The van der Waals surface area contributed by atoms with E-state index in [1.54, 1.807) is 54.9 Å². The van der Waals surface area contributed by atoms with Gasteiger partial charge in [0.2, 0.25) is 0 Å². The van der Waals surface area contributed by atoms with Crippen LogP contribution in [0.2, 0.25) is 0 Å². The number of benzene rings is 2. The fourth-order valence-corrected chi connectivity index (χ4v) is 10.3. The second-order valence-corrected chi connectivity index (χ2v) is 14.0. The topological polar surface area (TPSA) is 0 Å². The van der Waals surface area contributed by atoms with Gasteiger partial charge < -0.3 is 0 Å². The number of fused-ring (bicyclic) bond motifs is 12. The van der Waals surface area contributed by atoms with Gasteiger partial charge in [0.05, 0.1) is 0 Å². The highest BCUT2D eigenvalue weighted by Gasteiger charge is 2.45. The first kappa shape index (κ1) is 22.2. The first-order chi connectivity index (χ1) is 18.6. The minimum Gasteiger partial charge on any atom is -0.103 e. The van der Waals surface area contributed by atoms with Crippen LogP contribution in [-0.4, -0.2) is 0 Å². The minimum absolute atomic E-state index is 0.712. The molecule has 192 valence electrons. The molecule has 4 unspecified atom stereocenters. The van der Waals surface area contributed by atoms with Crippen molar-refractivity contribution >= 4 is 27.1 Å². The molecule has 0 spiro atoms. The maximum Gasteiger partial charge on any atom is -0.00144 e. The Morgan fingerprint density at radius 3 is 2.45 bits per heavy atom. The summed E-state index contributed by atoms with van der Waals surface area (Å²) >= 11 is 0.